The standard InChI is InChI=1S/C16H31N3O/c1-12(15(20)18-16(2,3)4)19-10-6-7-13(11-19)14-8-5-9-17-14/h12-14,17H,5-11H2,1-4H3,(H,18,20). The topological polar surface area (TPSA) is 44.4 Å². The molecule has 116 valence electrons. The van der Waals surface area contributed by atoms with Gasteiger partial charge in [0.1, 0.15) is 0 Å². The van der Waals surface area contributed by atoms with Crippen molar-refractivity contribution in [1.29, 1.82) is 0 Å². The predicted octanol–water partition coefficient (Wildman–Crippen LogP) is 1.75. The van der Waals surface area contributed by atoms with Crippen LogP contribution in [0.3, 0.4) is 0 Å². The van der Waals surface area contributed by atoms with Gasteiger partial charge in [-0.1, -0.05) is 0 Å². The molecule has 3 unspecified atom stereocenters. The van der Waals surface area contributed by atoms with Gasteiger partial charge in [-0.15, -0.1) is 0 Å². The highest BCUT2D eigenvalue weighted by Crippen LogP contribution is 2.25. The number of nitrogens with one attached hydrogen (secondary N) is 2. The van der Waals surface area contributed by atoms with E-state index in [-0.39, 0.29) is 17.5 Å². The Morgan fingerprint density at radius 3 is 2.65 bits per heavy atom. The van der Waals surface area contributed by atoms with Crippen LogP contribution in [0, 0.1) is 5.92 Å². The molecule has 3 atom stereocenters. The van der Waals surface area contributed by atoms with Crippen LogP contribution in [0.2, 0.25) is 0 Å². The smallest absolute Gasteiger partial charge is 0.237 e. The SMILES string of the molecule is CC(C(=O)NC(C)(C)C)N1CCCC(C2CCCN2)C1. The summed E-state index contributed by atoms with van der Waals surface area (Å²) in [7, 11) is 0. The highest BCUT2D eigenvalue weighted by Gasteiger charge is 2.33. The average molecular weight is 281 g/mol. The summed E-state index contributed by atoms with van der Waals surface area (Å²) in [6.07, 6.45) is 5.14. The Hall–Kier alpha value is -0.610. The van der Waals surface area contributed by atoms with Crippen LogP contribution in [0.15, 0.2) is 0 Å². The van der Waals surface area contributed by atoms with Crippen molar-refractivity contribution >= 4 is 5.91 Å². The number of likely N-dealkylation sites (tertiary alicyclic amines) is 1. The zero-order valence-electron chi connectivity index (χ0n) is 13.5. The summed E-state index contributed by atoms with van der Waals surface area (Å²) in [6, 6.07) is 0.661. The summed E-state index contributed by atoms with van der Waals surface area (Å²) in [5.74, 6) is 0.883. The van der Waals surface area contributed by atoms with E-state index in [4.69, 9.17) is 0 Å². The van der Waals surface area contributed by atoms with Gasteiger partial charge in [0, 0.05) is 18.1 Å². The van der Waals surface area contributed by atoms with Crippen LogP contribution in [-0.4, -0.2) is 48.1 Å². The molecule has 0 saturated carbocycles. The van der Waals surface area contributed by atoms with Gasteiger partial charge in [-0.25, -0.2) is 0 Å². The van der Waals surface area contributed by atoms with Crippen LogP contribution in [-0.2, 0) is 4.79 Å². The molecule has 0 aliphatic carbocycles. The largest absolute Gasteiger partial charge is 0.350 e. The highest BCUT2D eigenvalue weighted by atomic mass is 16.2. The third-order valence-electron chi connectivity index (χ3n) is 4.58. The summed E-state index contributed by atoms with van der Waals surface area (Å²) in [4.78, 5) is 14.7. The fraction of sp³-hybridized carbons (Fsp3) is 0.938. The Labute approximate surface area is 123 Å². The van der Waals surface area contributed by atoms with Crippen LogP contribution in [0.1, 0.15) is 53.4 Å². The van der Waals surface area contributed by atoms with Crippen molar-refractivity contribution in [3.05, 3.63) is 0 Å². The van der Waals surface area contributed by atoms with Crippen molar-refractivity contribution in [2.45, 2.75) is 71.0 Å². The van der Waals surface area contributed by atoms with Gasteiger partial charge in [-0.05, 0) is 72.4 Å². The number of nitrogens with zero attached hydrogens (tertiary/aromatic N) is 1. The lowest BCUT2D eigenvalue weighted by Gasteiger charge is -2.39. The lowest BCUT2D eigenvalue weighted by molar-refractivity contribution is -0.128. The Bertz CT molecular complexity index is 331. The molecular formula is C16H31N3O. The maximum atomic E-state index is 12.3. The lowest BCUT2D eigenvalue weighted by atomic mass is 9.89. The molecule has 0 bridgehead atoms. The molecule has 2 heterocycles. The number of carbonyl (C=O) groups excluding carboxylic acids is 1. The van der Waals surface area contributed by atoms with Crippen molar-refractivity contribution in [3.63, 3.8) is 0 Å². The molecule has 1 amide bonds. The predicted molar refractivity (Wildman–Crippen MR) is 82.7 cm³/mol. The van der Waals surface area contributed by atoms with Gasteiger partial charge in [0.05, 0.1) is 6.04 Å². The summed E-state index contributed by atoms with van der Waals surface area (Å²) in [6.45, 7) is 11.5. The van der Waals surface area contributed by atoms with E-state index < -0.39 is 0 Å². The molecule has 2 rings (SSSR count). The molecule has 2 N–H and O–H groups in total. The third kappa shape index (κ3) is 4.19. The second-order valence-electron chi connectivity index (χ2n) is 7.52. The van der Waals surface area contributed by atoms with Crippen LogP contribution in [0.25, 0.3) is 0 Å². The van der Waals surface area contributed by atoms with Crippen LogP contribution >= 0.6 is 0 Å². The van der Waals surface area contributed by atoms with E-state index in [1.807, 2.05) is 27.7 Å². The van der Waals surface area contributed by atoms with Crippen molar-refractivity contribution in [3.8, 4) is 0 Å². The molecule has 2 saturated heterocycles. The second-order valence-corrected chi connectivity index (χ2v) is 7.52. The summed E-state index contributed by atoms with van der Waals surface area (Å²) in [5.41, 5.74) is -0.145. The van der Waals surface area contributed by atoms with Crippen LogP contribution < -0.4 is 10.6 Å². The average Bonchev–Trinajstić information content (AvgIpc) is 2.90. The van der Waals surface area contributed by atoms with E-state index >= 15 is 0 Å². The van der Waals surface area contributed by atoms with Gasteiger partial charge in [-0.2, -0.15) is 0 Å². The Kier molecular flexibility index (Phi) is 5.08. The van der Waals surface area contributed by atoms with Crippen LogP contribution in [0.4, 0.5) is 0 Å². The lowest BCUT2D eigenvalue weighted by Crippen LogP contribution is -2.54. The van der Waals surface area contributed by atoms with E-state index in [2.05, 4.69) is 15.5 Å². The van der Waals surface area contributed by atoms with Crippen molar-refractivity contribution < 1.29 is 4.79 Å². The fourth-order valence-corrected chi connectivity index (χ4v) is 3.47. The Balaban J connectivity index is 1.89. The molecule has 0 radical (unpaired) electrons. The fourth-order valence-electron chi connectivity index (χ4n) is 3.47. The van der Waals surface area contributed by atoms with Gasteiger partial charge in [0.2, 0.25) is 5.91 Å². The van der Waals surface area contributed by atoms with Gasteiger partial charge in [0.15, 0.2) is 0 Å². The van der Waals surface area contributed by atoms with Gasteiger partial charge < -0.3 is 10.6 Å². The zero-order valence-corrected chi connectivity index (χ0v) is 13.5. The minimum absolute atomic E-state index is 0.0153. The van der Waals surface area contributed by atoms with Crippen LogP contribution in [0.5, 0.6) is 0 Å². The number of hydrogen-bond donors (Lipinski definition) is 2. The van der Waals surface area contributed by atoms with Gasteiger partial charge in [0.25, 0.3) is 0 Å². The molecule has 4 nitrogen and oxygen atoms in total. The maximum absolute atomic E-state index is 12.3. The van der Waals surface area contributed by atoms with E-state index in [9.17, 15) is 4.79 Å². The number of rotatable bonds is 3. The van der Waals surface area contributed by atoms with E-state index in [0.29, 0.717) is 6.04 Å². The van der Waals surface area contributed by atoms with Gasteiger partial charge >= 0.3 is 0 Å². The number of hydrogen-bond acceptors (Lipinski definition) is 3. The van der Waals surface area contributed by atoms with E-state index in [1.54, 1.807) is 0 Å². The van der Waals surface area contributed by atoms with Crippen molar-refractivity contribution in [2.75, 3.05) is 19.6 Å². The van der Waals surface area contributed by atoms with Gasteiger partial charge in [-0.3, -0.25) is 9.69 Å². The Morgan fingerprint density at radius 2 is 2.05 bits per heavy atom. The molecule has 0 spiro atoms. The summed E-state index contributed by atoms with van der Waals surface area (Å²) < 4.78 is 0. The quantitative estimate of drug-likeness (QED) is 0.828. The second kappa shape index (κ2) is 6.44. The highest BCUT2D eigenvalue weighted by molar-refractivity contribution is 5.81. The van der Waals surface area contributed by atoms with E-state index in [1.165, 1.54) is 32.2 Å². The van der Waals surface area contributed by atoms with E-state index in [0.717, 1.165) is 19.0 Å². The third-order valence-corrected chi connectivity index (χ3v) is 4.58. The molecule has 2 aliphatic rings. The molecule has 0 aromatic carbocycles. The first-order chi connectivity index (χ1) is 9.37. The molecule has 0 aromatic heterocycles. The first-order valence-electron chi connectivity index (χ1n) is 8.16. The zero-order chi connectivity index (χ0) is 14.8. The number of piperidine rings is 1. The minimum Gasteiger partial charge on any atom is -0.350 e. The Morgan fingerprint density at radius 1 is 1.30 bits per heavy atom. The normalized spacial score (nSPS) is 30.2. The number of amides is 1. The molecular weight excluding hydrogens is 250 g/mol. The molecule has 0 aromatic rings. The van der Waals surface area contributed by atoms with Crippen molar-refractivity contribution in [2.24, 2.45) is 5.92 Å². The molecule has 2 aliphatic heterocycles. The maximum Gasteiger partial charge on any atom is 0.237 e. The summed E-state index contributed by atoms with van der Waals surface area (Å²) >= 11 is 0. The summed E-state index contributed by atoms with van der Waals surface area (Å²) in [5, 5.41) is 6.73. The number of carbonyl (C=O) groups is 1. The molecule has 2 fully saturated rings. The monoisotopic (exact) mass is 281 g/mol. The molecule has 4 heteroatoms. The first kappa shape index (κ1) is 15.8. The van der Waals surface area contributed by atoms with Crippen molar-refractivity contribution in [1.82, 2.24) is 15.5 Å². The molecule has 20 heavy (non-hydrogen) atoms. The minimum atomic E-state index is -0.145. The first-order valence-corrected chi connectivity index (χ1v) is 8.16.